The maximum atomic E-state index is 9.44. The molecule has 6 aromatic rings. The Morgan fingerprint density at radius 1 is 0.622 bits per heavy atom. The third-order valence-corrected chi connectivity index (χ3v) is 7.72. The van der Waals surface area contributed by atoms with Crippen LogP contribution >= 0.6 is 22.7 Å². The number of nitrogens with one attached hydrogen (secondary N) is 3. The molecule has 0 atom stereocenters. The Bertz CT molecular complexity index is 1640. The number of fused-ring (bicyclic) bond motifs is 2. The normalized spacial score (nSPS) is 10.7. The first-order chi connectivity index (χ1) is 18.1. The van der Waals surface area contributed by atoms with Gasteiger partial charge in [0, 0.05) is 50.4 Å². The van der Waals surface area contributed by atoms with E-state index < -0.39 is 0 Å². The number of benzene rings is 2. The van der Waals surface area contributed by atoms with Crippen molar-refractivity contribution in [3.05, 3.63) is 73.1 Å². The number of phenolic OH excluding ortho intramolecular Hbond substituents is 1. The molecule has 37 heavy (non-hydrogen) atoms. The van der Waals surface area contributed by atoms with Crippen molar-refractivity contribution in [2.75, 3.05) is 37.1 Å². The summed E-state index contributed by atoms with van der Waals surface area (Å²) in [6.07, 6.45) is 3.64. The molecular formula is C27H25N7OS2. The molecule has 8 nitrogen and oxygen atoms in total. The number of rotatable bonds is 5. The van der Waals surface area contributed by atoms with Gasteiger partial charge in [-0.15, -0.1) is 22.7 Å². The molecule has 4 heterocycles. The zero-order valence-corrected chi connectivity index (χ0v) is 22.1. The minimum Gasteiger partial charge on any atom is -0.508 e. The quantitative estimate of drug-likeness (QED) is 0.200. The Morgan fingerprint density at radius 2 is 1.16 bits per heavy atom. The molecule has 10 heteroatoms. The number of pyridine rings is 2. The second-order valence-corrected chi connectivity index (χ2v) is 10.0. The monoisotopic (exact) mass is 526 g/mol. The van der Waals surface area contributed by atoms with E-state index in [9.17, 15) is 5.11 Å². The van der Waals surface area contributed by atoms with Gasteiger partial charge >= 0.3 is 0 Å². The Labute approximate surface area is 222 Å². The summed E-state index contributed by atoms with van der Waals surface area (Å²) in [5.74, 6) is 1.96. The number of hydrogen-bond donors (Lipinski definition) is 4. The van der Waals surface area contributed by atoms with Gasteiger partial charge in [-0.25, -0.2) is 19.9 Å². The number of thiazole rings is 2. The van der Waals surface area contributed by atoms with Gasteiger partial charge in [-0.2, -0.15) is 0 Å². The molecule has 0 unspecified atom stereocenters. The maximum absolute atomic E-state index is 9.44. The average molecular weight is 527 g/mol. The van der Waals surface area contributed by atoms with Crippen molar-refractivity contribution >= 4 is 60.4 Å². The summed E-state index contributed by atoms with van der Waals surface area (Å²) in [5, 5.41) is 20.5. The number of hydrogen-bond acceptors (Lipinski definition) is 10. The molecule has 0 aliphatic heterocycles. The van der Waals surface area contributed by atoms with Crippen molar-refractivity contribution < 1.29 is 5.11 Å². The topological polar surface area (TPSA) is 108 Å². The fourth-order valence-electron chi connectivity index (χ4n) is 3.58. The van der Waals surface area contributed by atoms with Crippen molar-refractivity contribution in [3.63, 3.8) is 0 Å². The molecule has 0 saturated carbocycles. The molecule has 0 fully saturated rings. The van der Waals surface area contributed by atoms with Crippen LogP contribution in [0.2, 0.25) is 0 Å². The van der Waals surface area contributed by atoms with Gasteiger partial charge in [0.15, 0.2) is 0 Å². The van der Waals surface area contributed by atoms with Crippen LogP contribution in [-0.4, -0.2) is 46.2 Å². The zero-order chi connectivity index (χ0) is 25.8. The van der Waals surface area contributed by atoms with E-state index in [2.05, 4.69) is 42.0 Å². The van der Waals surface area contributed by atoms with Gasteiger partial charge in [0.1, 0.15) is 27.4 Å². The first kappa shape index (κ1) is 24.4. The standard InChI is InChI=1S/C14H14N4S.C13H11N3OS/c1-15-10-4-5-11-12(7-10)19-14(18-11)9-3-6-13(16-2)17-8-9;1-14-12-5-2-8(7-15-12)13-16-10-4-3-9(17)6-11(10)18-13/h3-8,15H,1-2H3,(H,16,17);2-7,17H,1H3,(H,14,15)/i;1-1. The lowest BCUT2D eigenvalue weighted by atomic mass is 10.3. The van der Waals surface area contributed by atoms with Crippen molar-refractivity contribution in [2.45, 2.75) is 0 Å². The van der Waals surface area contributed by atoms with Gasteiger partial charge in [-0.05, 0) is 60.7 Å². The van der Waals surface area contributed by atoms with Crippen molar-refractivity contribution in [2.24, 2.45) is 0 Å². The summed E-state index contributed by atoms with van der Waals surface area (Å²) in [4.78, 5) is 17.8. The third kappa shape index (κ3) is 5.45. The summed E-state index contributed by atoms with van der Waals surface area (Å²) in [5.41, 5.74) is 5.05. The Balaban J connectivity index is 0.000000152. The SMILES string of the molecule is CNc1ccc2nc(-c3ccc(NC)nc3)sc2c1.[11CH3]Nc1ccc(-c2nc3ccc(O)cc3s2)cn1. The van der Waals surface area contributed by atoms with Crippen molar-refractivity contribution in [1.29, 1.82) is 0 Å². The zero-order valence-electron chi connectivity index (χ0n) is 20.5. The van der Waals surface area contributed by atoms with E-state index in [4.69, 9.17) is 0 Å². The molecule has 4 N–H and O–H groups in total. The van der Waals surface area contributed by atoms with E-state index in [0.717, 1.165) is 54.2 Å². The highest BCUT2D eigenvalue weighted by molar-refractivity contribution is 7.22. The first-order valence-corrected chi connectivity index (χ1v) is 13.2. The molecular weight excluding hydrogens is 501 g/mol. The lowest BCUT2D eigenvalue weighted by Gasteiger charge is -1.99. The number of nitrogens with zero attached hydrogens (tertiary/aromatic N) is 4. The Kier molecular flexibility index (Phi) is 7.11. The molecule has 6 rings (SSSR count). The van der Waals surface area contributed by atoms with Crippen LogP contribution in [0.25, 0.3) is 41.6 Å². The van der Waals surface area contributed by atoms with Gasteiger partial charge < -0.3 is 21.1 Å². The average Bonchev–Trinajstić information content (AvgIpc) is 3.57. The molecule has 0 aliphatic carbocycles. The van der Waals surface area contributed by atoms with Gasteiger partial charge in [0.2, 0.25) is 0 Å². The van der Waals surface area contributed by atoms with Crippen LogP contribution in [-0.2, 0) is 0 Å². The minimum absolute atomic E-state index is 0.265. The van der Waals surface area contributed by atoms with Crippen LogP contribution in [0.4, 0.5) is 17.3 Å². The predicted octanol–water partition coefficient (Wildman–Crippen LogP) is 6.55. The minimum atomic E-state index is 0.265. The highest BCUT2D eigenvalue weighted by Gasteiger charge is 2.08. The van der Waals surface area contributed by atoms with Crippen molar-refractivity contribution in [3.8, 4) is 26.9 Å². The number of aromatic hydroxyl groups is 1. The molecule has 0 amide bonds. The predicted molar refractivity (Wildman–Crippen MR) is 156 cm³/mol. The van der Waals surface area contributed by atoms with Crippen LogP contribution in [0.3, 0.4) is 0 Å². The van der Waals surface area contributed by atoms with Gasteiger partial charge in [0.05, 0.1) is 20.4 Å². The fraction of sp³-hybridized carbons (Fsp3) is 0.111. The van der Waals surface area contributed by atoms with Crippen LogP contribution in [0.5, 0.6) is 5.75 Å². The molecule has 0 aliphatic rings. The van der Waals surface area contributed by atoms with Crippen LogP contribution in [0.1, 0.15) is 0 Å². The lowest BCUT2D eigenvalue weighted by Crippen LogP contribution is -1.90. The molecule has 0 spiro atoms. The highest BCUT2D eigenvalue weighted by Crippen LogP contribution is 2.33. The van der Waals surface area contributed by atoms with E-state index in [0.29, 0.717) is 0 Å². The third-order valence-electron chi connectivity index (χ3n) is 5.58. The maximum Gasteiger partial charge on any atom is 0.126 e. The summed E-state index contributed by atoms with van der Waals surface area (Å²) in [7, 11) is 5.62. The smallest absolute Gasteiger partial charge is 0.126 e. The van der Waals surface area contributed by atoms with E-state index in [1.54, 1.807) is 41.0 Å². The Hall–Kier alpha value is -4.28. The van der Waals surface area contributed by atoms with Gasteiger partial charge in [-0.3, -0.25) is 0 Å². The van der Waals surface area contributed by atoms with E-state index in [1.165, 1.54) is 4.70 Å². The highest BCUT2D eigenvalue weighted by atomic mass is 32.1. The van der Waals surface area contributed by atoms with Crippen LogP contribution in [0, 0.1) is 0 Å². The molecule has 0 bridgehead atoms. The Morgan fingerprint density at radius 3 is 1.65 bits per heavy atom. The van der Waals surface area contributed by atoms with E-state index >= 15 is 0 Å². The second kappa shape index (κ2) is 10.8. The number of anilines is 3. The van der Waals surface area contributed by atoms with Crippen molar-refractivity contribution in [1.82, 2.24) is 19.9 Å². The second-order valence-electron chi connectivity index (χ2n) is 7.99. The summed E-state index contributed by atoms with van der Waals surface area (Å²) < 4.78 is 2.15. The summed E-state index contributed by atoms with van der Waals surface area (Å²) in [6.45, 7) is 0. The van der Waals surface area contributed by atoms with E-state index in [-0.39, 0.29) is 5.75 Å². The van der Waals surface area contributed by atoms with Gasteiger partial charge in [0.25, 0.3) is 0 Å². The summed E-state index contributed by atoms with van der Waals surface area (Å²) in [6, 6.07) is 19.3. The molecule has 0 radical (unpaired) electrons. The largest absolute Gasteiger partial charge is 0.508 e. The first-order valence-electron chi connectivity index (χ1n) is 11.5. The lowest BCUT2D eigenvalue weighted by molar-refractivity contribution is 0.476. The number of aromatic nitrogens is 4. The molecule has 2 aromatic carbocycles. The molecule has 4 aromatic heterocycles. The van der Waals surface area contributed by atoms with Crippen LogP contribution in [0.15, 0.2) is 73.1 Å². The van der Waals surface area contributed by atoms with Gasteiger partial charge in [-0.1, -0.05) is 0 Å². The molecule has 186 valence electrons. The van der Waals surface area contributed by atoms with E-state index in [1.807, 2.05) is 69.8 Å². The summed E-state index contributed by atoms with van der Waals surface area (Å²) >= 11 is 3.23. The molecule has 0 saturated heterocycles. The van der Waals surface area contributed by atoms with Crippen LogP contribution < -0.4 is 16.0 Å². The fourth-order valence-corrected chi connectivity index (χ4v) is 5.56. The number of phenols is 1.